The molecule has 0 spiro atoms. The first-order valence-electron chi connectivity index (χ1n) is 7.35. The van der Waals surface area contributed by atoms with E-state index in [2.05, 4.69) is 66.6 Å². The summed E-state index contributed by atoms with van der Waals surface area (Å²) in [7, 11) is 0. The van der Waals surface area contributed by atoms with Crippen molar-refractivity contribution in [2.75, 3.05) is 0 Å². The Balaban J connectivity index is 2.11. The molecule has 0 saturated carbocycles. The molecular formula is C22H14. The van der Waals surface area contributed by atoms with E-state index in [9.17, 15) is 0 Å². The van der Waals surface area contributed by atoms with Gasteiger partial charge in [0.1, 0.15) is 0 Å². The highest BCUT2D eigenvalue weighted by atomic mass is 14.1. The molecule has 0 amide bonds. The Bertz CT molecular complexity index is 1020. The summed E-state index contributed by atoms with van der Waals surface area (Å²) < 4.78 is 0. The number of benzene rings is 4. The van der Waals surface area contributed by atoms with E-state index in [0.29, 0.717) is 0 Å². The van der Waals surface area contributed by atoms with Crippen LogP contribution >= 0.6 is 0 Å². The van der Waals surface area contributed by atoms with Gasteiger partial charge in [-0.15, -0.1) is 6.42 Å². The fraction of sp³-hybridized carbons (Fsp3) is 0. The van der Waals surface area contributed by atoms with Gasteiger partial charge in [0.05, 0.1) is 0 Å². The van der Waals surface area contributed by atoms with E-state index in [4.69, 9.17) is 6.42 Å². The molecule has 0 N–H and O–H groups in total. The summed E-state index contributed by atoms with van der Waals surface area (Å²) in [5, 5.41) is 4.84. The zero-order chi connectivity index (χ0) is 14.9. The Labute approximate surface area is 130 Å². The molecule has 0 aliphatic heterocycles. The fourth-order valence-electron chi connectivity index (χ4n) is 3.10. The molecule has 0 fully saturated rings. The van der Waals surface area contributed by atoms with E-state index in [1.807, 2.05) is 18.2 Å². The highest BCUT2D eigenvalue weighted by Crippen LogP contribution is 2.33. The zero-order valence-corrected chi connectivity index (χ0v) is 12.1. The van der Waals surface area contributed by atoms with Gasteiger partial charge in [0.15, 0.2) is 0 Å². The molecule has 0 aliphatic rings. The van der Waals surface area contributed by atoms with E-state index in [-0.39, 0.29) is 0 Å². The van der Waals surface area contributed by atoms with Gasteiger partial charge in [-0.1, -0.05) is 84.8 Å². The maximum absolute atomic E-state index is 5.85. The maximum atomic E-state index is 5.85. The van der Waals surface area contributed by atoms with Crippen molar-refractivity contribution in [2.24, 2.45) is 0 Å². The van der Waals surface area contributed by atoms with Crippen molar-refractivity contribution in [2.45, 2.75) is 0 Å². The van der Waals surface area contributed by atoms with E-state index in [1.54, 1.807) is 0 Å². The molecule has 0 bridgehead atoms. The van der Waals surface area contributed by atoms with Crippen molar-refractivity contribution in [3.63, 3.8) is 0 Å². The van der Waals surface area contributed by atoms with Crippen molar-refractivity contribution in [1.82, 2.24) is 0 Å². The van der Waals surface area contributed by atoms with Crippen LogP contribution in [0.15, 0.2) is 78.9 Å². The molecule has 102 valence electrons. The van der Waals surface area contributed by atoms with Gasteiger partial charge in [-0.05, 0) is 32.7 Å². The van der Waals surface area contributed by atoms with Crippen molar-refractivity contribution in [3.05, 3.63) is 84.4 Å². The van der Waals surface area contributed by atoms with E-state index >= 15 is 0 Å². The molecule has 0 unspecified atom stereocenters. The van der Waals surface area contributed by atoms with Gasteiger partial charge in [-0.3, -0.25) is 0 Å². The smallest absolute Gasteiger partial charge is 0.0399 e. The summed E-state index contributed by atoms with van der Waals surface area (Å²) in [6.45, 7) is 0. The van der Waals surface area contributed by atoms with Gasteiger partial charge in [-0.2, -0.15) is 0 Å². The Hall–Kier alpha value is -3.04. The highest BCUT2D eigenvalue weighted by molar-refractivity contribution is 6.10. The lowest BCUT2D eigenvalue weighted by Gasteiger charge is -2.11. The van der Waals surface area contributed by atoms with Gasteiger partial charge >= 0.3 is 0 Å². The molecule has 0 nitrogen and oxygen atoms in total. The predicted octanol–water partition coefficient (Wildman–Crippen LogP) is 5.64. The summed E-state index contributed by atoms with van der Waals surface area (Å²) in [5.41, 5.74) is 3.24. The van der Waals surface area contributed by atoms with Gasteiger partial charge in [0.2, 0.25) is 0 Å². The van der Waals surface area contributed by atoms with Gasteiger partial charge in [-0.25, -0.2) is 0 Å². The zero-order valence-electron chi connectivity index (χ0n) is 12.1. The normalized spacial score (nSPS) is 10.7. The standard InChI is InChI=1S/C22H14/c1-2-18-20(16-8-4-3-5-9-16)14-15-22-19-11-7-6-10-17(19)12-13-21(18)22/h1,3-15H. The fourth-order valence-corrected chi connectivity index (χ4v) is 3.10. The van der Waals surface area contributed by atoms with Crippen molar-refractivity contribution >= 4 is 21.5 Å². The van der Waals surface area contributed by atoms with Crippen molar-refractivity contribution in [3.8, 4) is 23.5 Å². The number of hydrogen-bond donors (Lipinski definition) is 0. The average molecular weight is 278 g/mol. The minimum atomic E-state index is 0.967. The van der Waals surface area contributed by atoms with Crippen LogP contribution in [0, 0.1) is 12.3 Å². The number of rotatable bonds is 1. The molecule has 0 aromatic heterocycles. The molecular weight excluding hydrogens is 264 g/mol. The summed E-state index contributed by atoms with van der Waals surface area (Å²) in [6.07, 6.45) is 5.85. The third kappa shape index (κ3) is 1.88. The first-order valence-corrected chi connectivity index (χ1v) is 7.35. The average Bonchev–Trinajstić information content (AvgIpc) is 2.61. The van der Waals surface area contributed by atoms with Crippen molar-refractivity contribution in [1.29, 1.82) is 0 Å². The van der Waals surface area contributed by atoms with Crippen LogP contribution in [-0.2, 0) is 0 Å². The van der Waals surface area contributed by atoms with E-state index < -0.39 is 0 Å². The van der Waals surface area contributed by atoms with Crippen LogP contribution in [0.1, 0.15) is 5.56 Å². The lowest BCUT2D eigenvalue weighted by molar-refractivity contribution is 1.62. The Morgan fingerprint density at radius 3 is 2.14 bits per heavy atom. The monoisotopic (exact) mass is 278 g/mol. The first kappa shape index (κ1) is 12.7. The maximum Gasteiger partial charge on any atom is 0.0399 e. The Morgan fingerprint density at radius 1 is 0.591 bits per heavy atom. The molecule has 0 radical (unpaired) electrons. The minimum Gasteiger partial charge on any atom is -0.115 e. The van der Waals surface area contributed by atoms with Crippen LogP contribution in [0.25, 0.3) is 32.7 Å². The van der Waals surface area contributed by atoms with Gasteiger partial charge in [0, 0.05) is 5.56 Å². The lowest BCUT2D eigenvalue weighted by atomic mass is 9.92. The lowest BCUT2D eigenvalue weighted by Crippen LogP contribution is -1.88. The van der Waals surface area contributed by atoms with Gasteiger partial charge in [0.25, 0.3) is 0 Å². The van der Waals surface area contributed by atoms with Gasteiger partial charge < -0.3 is 0 Å². The summed E-state index contributed by atoms with van der Waals surface area (Å²) >= 11 is 0. The van der Waals surface area contributed by atoms with E-state index in [1.165, 1.54) is 16.2 Å². The molecule has 4 aromatic rings. The second kappa shape index (κ2) is 5.06. The third-order valence-electron chi connectivity index (χ3n) is 4.16. The van der Waals surface area contributed by atoms with E-state index in [0.717, 1.165) is 22.1 Å². The second-order valence-corrected chi connectivity index (χ2v) is 5.38. The van der Waals surface area contributed by atoms with Crippen LogP contribution < -0.4 is 0 Å². The molecule has 22 heavy (non-hydrogen) atoms. The number of fused-ring (bicyclic) bond motifs is 3. The first-order chi connectivity index (χ1) is 10.9. The van der Waals surface area contributed by atoms with Crippen LogP contribution in [0.2, 0.25) is 0 Å². The van der Waals surface area contributed by atoms with Crippen molar-refractivity contribution < 1.29 is 0 Å². The summed E-state index contributed by atoms with van der Waals surface area (Å²) in [6, 6.07) is 27.3. The molecule has 4 aromatic carbocycles. The van der Waals surface area contributed by atoms with Crippen LogP contribution in [-0.4, -0.2) is 0 Å². The highest BCUT2D eigenvalue weighted by Gasteiger charge is 2.09. The topological polar surface area (TPSA) is 0 Å². The second-order valence-electron chi connectivity index (χ2n) is 5.38. The van der Waals surface area contributed by atoms with Crippen LogP contribution in [0.4, 0.5) is 0 Å². The SMILES string of the molecule is C#Cc1c(-c2ccccc2)ccc2c1ccc1ccccc12. The molecule has 0 heteroatoms. The molecule has 0 saturated heterocycles. The minimum absolute atomic E-state index is 0.967. The number of hydrogen-bond acceptors (Lipinski definition) is 0. The Kier molecular flexibility index (Phi) is 2.92. The Morgan fingerprint density at radius 2 is 1.32 bits per heavy atom. The molecule has 0 aliphatic carbocycles. The third-order valence-corrected chi connectivity index (χ3v) is 4.16. The number of terminal acetylenes is 1. The quantitative estimate of drug-likeness (QED) is 0.312. The summed E-state index contributed by atoms with van der Waals surface area (Å²) in [5.74, 6) is 2.90. The van der Waals surface area contributed by atoms with Crippen LogP contribution in [0.5, 0.6) is 0 Å². The molecule has 0 heterocycles. The molecule has 0 atom stereocenters. The largest absolute Gasteiger partial charge is 0.115 e. The van der Waals surface area contributed by atoms with Crippen LogP contribution in [0.3, 0.4) is 0 Å². The summed E-state index contributed by atoms with van der Waals surface area (Å²) in [4.78, 5) is 0. The predicted molar refractivity (Wildman–Crippen MR) is 94.8 cm³/mol. The molecule has 4 rings (SSSR count).